The van der Waals surface area contributed by atoms with Gasteiger partial charge in [-0.15, -0.1) is 0 Å². The number of benzene rings is 2. The van der Waals surface area contributed by atoms with E-state index in [-0.39, 0.29) is 5.92 Å². The Morgan fingerprint density at radius 1 is 1.21 bits per heavy atom. The van der Waals surface area contributed by atoms with Crippen LogP contribution in [0.5, 0.6) is 5.75 Å². The number of rotatable bonds is 5. The van der Waals surface area contributed by atoms with Gasteiger partial charge in [-0.3, -0.25) is 0 Å². The van der Waals surface area contributed by atoms with E-state index in [9.17, 15) is 4.79 Å². The summed E-state index contributed by atoms with van der Waals surface area (Å²) in [6, 6.07) is 12.0. The van der Waals surface area contributed by atoms with Gasteiger partial charge >= 0.3 is 6.09 Å². The van der Waals surface area contributed by atoms with Crippen molar-refractivity contribution in [3.8, 4) is 5.75 Å². The SMILES string of the molecule is COc1ccc2ccccc2c1C(CN)CNC(=O)OC(C)(C)C. The molecular weight excluding hydrogens is 304 g/mol. The molecule has 3 N–H and O–H groups in total. The molecule has 1 atom stereocenters. The maximum absolute atomic E-state index is 11.9. The number of nitrogens with one attached hydrogen (secondary N) is 1. The van der Waals surface area contributed by atoms with Crippen molar-refractivity contribution in [1.82, 2.24) is 5.32 Å². The molecule has 5 nitrogen and oxygen atoms in total. The van der Waals surface area contributed by atoms with Crippen molar-refractivity contribution in [2.45, 2.75) is 32.3 Å². The highest BCUT2D eigenvalue weighted by Crippen LogP contribution is 2.33. The van der Waals surface area contributed by atoms with Crippen LogP contribution >= 0.6 is 0 Å². The lowest BCUT2D eigenvalue weighted by Crippen LogP contribution is -2.36. The topological polar surface area (TPSA) is 73.6 Å². The monoisotopic (exact) mass is 330 g/mol. The number of amides is 1. The van der Waals surface area contributed by atoms with E-state index in [2.05, 4.69) is 5.32 Å². The van der Waals surface area contributed by atoms with Crippen LogP contribution in [0, 0.1) is 0 Å². The number of hydrogen-bond donors (Lipinski definition) is 2. The van der Waals surface area contributed by atoms with Gasteiger partial charge < -0.3 is 20.5 Å². The van der Waals surface area contributed by atoms with Crippen LogP contribution in [0.2, 0.25) is 0 Å². The highest BCUT2D eigenvalue weighted by Gasteiger charge is 2.21. The number of ether oxygens (including phenoxy) is 2. The smallest absolute Gasteiger partial charge is 0.407 e. The van der Waals surface area contributed by atoms with E-state index in [1.54, 1.807) is 7.11 Å². The first-order chi connectivity index (χ1) is 11.4. The molecule has 0 spiro atoms. The largest absolute Gasteiger partial charge is 0.496 e. The van der Waals surface area contributed by atoms with Crippen molar-refractivity contribution < 1.29 is 14.3 Å². The molecule has 2 aromatic carbocycles. The van der Waals surface area contributed by atoms with Gasteiger partial charge in [0.2, 0.25) is 0 Å². The first-order valence-corrected chi connectivity index (χ1v) is 8.08. The third-order valence-electron chi connectivity index (χ3n) is 3.74. The number of nitrogens with two attached hydrogens (primary N) is 1. The second kappa shape index (κ2) is 7.53. The molecule has 0 saturated carbocycles. The molecule has 0 aliphatic heterocycles. The third kappa shape index (κ3) is 4.38. The van der Waals surface area contributed by atoms with Crippen LogP contribution < -0.4 is 15.8 Å². The molecule has 1 unspecified atom stereocenters. The Morgan fingerprint density at radius 3 is 2.54 bits per heavy atom. The Kier molecular flexibility index (Phi) is 5.67. The number of fused-ring (bicyclic) bond motifs is 1. The standard InChI is InChI=1S/C19H26N2O3/c1-19(2,3)24-18(22)21-12-14(11-20)17-15-8-6-5-7-13(15)9-10-16(17)23-4/h5-10,14H,11-12,20H2,1-4H3,(H,21,22). The molecule has 0 fully saturated rings. The van der Waals surface area contributed by atoms with Gasteiger partial charge in [0.1, 0.15) is 11.4 Å². The maximum atomic E-state index is 11.9. The van der Waals surface area contributed by atoms with E-state index in [0.29, 0.717) is 13.1 Å². The Labute approximate surface area is 143 Å². The number of carbonyl (C=O) groups is 1. The number of hydrogen-bond acceptors (Lipinski definition) is 4. The highest BCUT2D eigenvalue weighted by molar-refractivity contribution is 5.88. The summed E-state index contributed by atoms with van der Waals surface area (Å²) < 4.78 is 10.8. The molecule has 0 aliphatic rings. The third-order valence-corrected chi connectivity index (χ3v) is 3.74. The summed E-state index contributed by atoms with van der Waals surface area (Å²) in [5.41, 5.74) is 6.47. The molecular formula is C19H26N2O3. The Morgan fingerprint density at radius 2 is 1.92 bits per heavy atom. The van der Waals surface area contributed by atoms with E-state index < -0.39 is 11.7 Å². The molecule has 0 bridgehead atoms. The average molecular weight is 330 g/mol. The van der Waals surface area contributed by atoms with Crippen molar-refractivity contribution in [1.29, 1.82) is 0 Å². The minimum Gasteiger partial charge on any atom is -0.496 e. The van der Waals surface area contributed by atoms with Crippen molar-refractivity contribution >= 4 is 16.9 Å². The summed E-state index contributed by atoms with van der Waals surface area (Å²) in [6.07, 6.45) is -0.444. The molecule has 2 rings (SSSR count). The van der Waals surface area contributed by atoms with E-state index in [1.165, 1.54) is 0 Å². The summed E-state index contributed by atoms with van der Waals surface area (Å²) in [7, 11) is 1.64. The fraction of sp³-hybridized carbons (Fsp3) is 0.421. The lowest BCUT2D eigenvalue weighted by atomic mass is 9.92. The zero-order chi connectivity index (χ0) is 17.7. The quantitative estimate of drug-likeness (QED) is 0.881. The zero-order valence-corrected chi connectivity index (χ0v) is 14.8. The number of methoxy groups -OCH3 is 1. The second-order valence-electron chi connectivity index (χ2n) is 6.72. The van der Waals surface area contributed by atoms with Gasteiger partial charge in [0, 0.05) is 24.6 Å². The van der Waals surface area contributed by atoms with Crippen LogP contribution in [0.1, 0.15) is 32.3 Å². The normalized spacial score (nSPS) is 12.7. The first kappa shape index (κ1) is 18.1. The van der Waals surface area contributed by atoms with Gasteiger partial charge in [0.05, 0.1) is 7.11 Å². The summed E-state index contributed by atoms with van der Waals surface area (Å²) in [5, 5.41) is 5.00. The molecule has 24 heavy (non-hydrogen) atoms. The molecule has 5 heteroatoms. The highest BCUT2D eigenvalue weighted by atomic mass is 16.6. The molecule has 130 valence electrons. The predicted octanol–water partition coefficient (Wildman–Crippen LogP) is 3.42. The van der Waals surface area contributed by atoms with Crippen LogP contribution in [0.25, 0.3) is 10.8 Å². The molecule has 2 aromatic rings. The Bertz CT molecular complexity index is 707. The van der Waals surface area contributed by atoms with Crippen molar-refractivity contribution in [2.75, 3.05) is 20.2 Å². The van der Waals surface area contributed by atoms with Gasteiger partial charge in [0.25, 0.3) is 0 Å². The summed E-state index contributed by atoms with van der Waals surface area (Å²) >= 11 is 0. The summed E-state index contributed by atoms with van der Waals surface area (Å²) in [6.45, 7) is 6.28. The maximum Gasteiger partial charge on any atom is 0.407 e. The lowest BCUT2D eigenvalue weighted by molar-refractivity contribution is 0.0524. The summed E-state index contributed by atoms with van der Waals surface area (Å²) in [5.74, 6) is 0.703. The van der Waals surface area contributed by atoms with E-state index in [0.717, 1.165) is 22.1 Å². The molecule has 0 radical (unpaired) electrons. The second-order valence-corrected chi connectivity index (χ2v) is 6.72. The Balaban J connectivity index is 2.27. The van der Waals surface area contributed by atoms with Gasteiger partial charge in [-0.2, -0.15) is 0 Å². The minimum absolute atomic E-state index is 0.0708. The van der Waals surface area contributed by atoms with Crippen LogP contribution in [0.15, 0.2) is 36.4 Å². The van der Waals surface area contributed by atoms with Crippen LogP contribution in [0.3, 0.4) is 0 Å². The minimum atomic E-state index is -0.528. The molecule has 0 aromatic heterocycles. The molecule has 0 saturated heterocycles. The fourth-order valence-electron chi connectivity index (χ4n) is 2.70. The van der Waals surface area contributed by atoms with Gasteiger partial charge in [0.15, 0.2) is 0 Å². The van der Waals surface area contributed by atoms with E-state index in [4.69, 9.17) is 15.2 Å². The first-order valence-electron chi connectivity index (χ1n) is 8.08. The van der Waals surface area contributed by atoms with Crippen molar-refractivity contribution in [3.63, 3.8) is 0 Å². The van der Waals surface area contributed by atoms with Crippen molar-refractivity contribution in [3.05, 3.63) is 42.0 Å². The zero-order valence-electron chi connectivity index (χ0n) is 14.8. The van der Waals surface area contributed by atoms with Crippen LogP contribution in [-0.4, -0.2) is 31.9 Å². The molecule has 1 amide bonds. The fourth-order valence-corrected chi connectivity index (χ4v) is 2.70. The predicted molar refractivity (Wildman–Crippen MR) is 96.5 cm³/mol. The van der Waals surface area contributed by atoms with Crippen LogP contribution in [-0.2, 0) is 4.74 Å². The number of carbonyl (C=O) groups excluding carboxylic acids is 1. The average Bonchev–Trinajstić information content (AvgIpc) is 2.53. The van der Waals surface area contributed by atoms with Gasteiger partial charge in [-0.05, 0) is 37.6 Å². The lowest BCUT2D eigenvalue weighted by Gasteiger charge is -2.23. The van der Waals surface area contributed by atoms with Crippen molar-refractivity contribution in [2.24, 2.45) is 5.73 Å². The van der Waals surface area contributed by atoms with E-state index in [1.807, 2.05) is 57.2 Å². The van der Waals surface area contributed by atoms with Gasteiger partial charge in [-0.1, -0.05) is 30.3 Å². The van der Waals surface area contributed by atoms with Crippen LogP contribution in [0.4, 0.5) is 4.79 Å². The Hall–Kier alpha value is -2.27. The van der Waals surface area contributed by atoms with E-state index >= 15 is 0 Å². The van der Waals surface area contributed by atoms with Gasteiger partial charge in [-0.25, -0.2) is 4.79 Å². The molecule has 0 aliphatic carbocycles. The molecule has 0 heterocycles. The number of alkyl carbamates (subject to hydrolysis) is 1. The summed E-state index contributed by atoms with van der Waals surface area (Å²) in [4.78, 5) is 11.9.